The molecule has 5 heteroatoms. The number of benzene rings is 1. The number of thioether (sulfide) groups is 1. The molecule has 0 amide bonds. The molecule has 0 bridgehead atoms. The number of methoxy groups -OCH3 is 1. The number of halogens is 2. The molecule has 0 N–H and O–H groups in total. The Morgan fingerprint density at radius 3 is 2.76 bits per heavy atom. The lowest BCUT2D eigenvalue weighted by atomic mass is 10.1. The standard InChI is InChI=1S/C12H14F2O2S/c1-8(17-6-5-16-2)12(15)10-4-3-9(13)7-11(10)14/h3-4,7-8H,5-6H2,1-2H3. The number of carbonyl (C=O) groups excluding carboxylic acids is 1. The summed E-state index contributed by atoms with van der Waals surface area (Å²) >= 11 is 1.38. The Morgan fingerprint density at radius 2 is 2.18 bits per heavy atom. The summed E-state index contributed by atoms with van der Waals surface area (Å²) in [5.74, 6) is -1.16. The molecule has 94 valence electrons. The second-order valence-corrected chi connectivity index (χ2v) is 4.94. The van der Waals surface area contributed by atoms with Crippen LogP contribution in [0.15, 0.2) is 18.2 Å². The number of Topliss-reactive ketones (excluding diaryl/α,β-unsaturated/α-hetero) is 1. The summed E-state index contributed by atoms with van der Waals surface area (Å²) in [5, 5.41) is -0.370. The van der Waals surface area contributed by atoms with Gasteiger partial charge in [0.15, 0.2) is 5.78 Å². The molecule has 0 aliphatic rings. The van der Waals surface area contributed by atoms with Crippen LogP contribution in [-0.2, 0) is 4.74 Å². The lowest BCUT2D eigenvalue weighted by Crippen LogP contribution is -2.16. The summed E-state index contributed by atoms with van der Waals surface area (Å²) in [4.78, 5) is 11.8. The second-order valence-electron chi connectivity index (χ2n) is 3.49. The zero-order valence-electron chi connectivity index (χ0n) is 9.70. The maximum absolute atomic E-state index is 13.4. The molecule has 0 aromatic heterocycles. The second kappa shape index (κ2) is 6.71. The molecule has 0 saturated carbocycles. The van der Waals surface area contributed by atoms with Crippen LogP contribution in [0.25, 0.3) is 0 Å². The van der Waals surface area contributed by atoms with E-state index in [9.17, 15) is 13.6 Å². The van der Waals surface area contributed by atoms with Crippen molar-refractivity contribution in [1.82, 2.24) is 0 Å². The van der Waals surface area contributed by atoms with Crippen LogP contribution in [0.1, 0.15) is 17.3 Å². The first-order valence-electron chi connectivity index (χ1n) is 5.16. The van der Waals surface area contributed by atoms with Crippen molar-refractivity contribution in [2.24, 2.45) is 0 Å². The molecule has 0 radical (unpaired) electrons. The van der Waals surface area contributed by atoms with E-state index < -0.39 is 11.6 Å². The average Bonchev–Trinajstić information content (AvgIpc) is 2.28. The van der Waals surface area contributed by atoms with Crippen LogP contribution in [0, 0.1) is 11.6 Å². The van der Waals surface area contributed by atoms with E-state index >= 15 is 0 Å². The van der Waals surface area contributed by atoms with Crippen LogP contribution in [0.5, 0.6) is 0 Å². The minimum atomic E-state index is -0.811. The molecular formula is C12H14F2O2S. The van der Waals surface area contributed by atoms with Gasteiger partial charge in [0.2, 0.25) is 0 Å². The normalized spacial score (nSPS) is 12.5. The summed E-state index contributed by atoms with van der Waals surface area (Å²) in [6.07, 6.45) is 0. The van der Waals surface area contributed by atoms with Gasteiger partial charge in [0.05, 0.1) is 17.4 Å². The van der Waals surface area contributed by atoms with E-state index in [1.54, 1.807) is 14.0 Å². The minimum absolute atomic E-state index is 0.0659. The van der Waals surface area contributed by atoms with Gasteiger partial charge in [0.25, 0.3) is 0 Å². The minimum Gasteiger partial charge on any atom is -0.384 e. The summed E-state index contributed by atoms with van der Waals surface area (Å²) in [6.45, 7) is 2.24. The van der Waals surface area contributed by atoms with Crippen molar-refractivity contribution in [3.8, 4) is 0 Å². The predicted molar refractivity (Wildman–Crippen MR) is 64.5 cm³/mol. The van der Waals surface area contributed by atoms with Gasteiger partial charge < -0.3 is 4.74 Å². The van der Waals surface area contributed by atoms with Crippen molar-refractivity contribution < 1.29 is 18.3 Å². The number of carbonyl (C=O) groups is 1. The van der Waals surface area contributed by atoms with Crippen LogP contribution >= 0.6 is 11.8 Å². The van der Waals surface area contributed by atoms with Crippen molar-refractivity contribution in [2.45, 2.75) is 12.2 Å². The van der Waals surface area contributed by atoms with Crippen molar-refractivity contribution >= 4 is 17.5 Å². The summed E-state index contributed by atoms with van der Waals surface area (Å²) < 4.78 is 30.9. The Bertz CT molecular complexity index is 396. The van der Waals surface area contributed by atoms with Crippen LogP contribution in [0.2, 0.25) is 0 Å². The fraction of sp³-hybridized carbons (Fsp3) is 0.417. The molecule has 1 atom stereocenters. The van der Waals surface area contributed by atoms with Crippen molar-refractivity contribution in [2.75, 3.05) is 19.5 Å². The zero-order chi connectivity index (χ0) is 12.8. The number of ketones is 1. The molecule has 1 unspecified atom stereocenters. The third kappa shape index (κ3) is 4.09. The van der Waals surface area contributed by atoms with E-state index in [2.05, 4.69) is 0 Å². The van der Waals surface area contributed by atoms with E-state index in [1.165, 1.54) is 17.8 Å². The highest BCUT2D eigenvalue weighted by atomic mass is 32.2. The first-order valence-corrected chi connectivity index (χ1v) is 6.21. The number of hydrogen-bond donors (Lipinski definition) is 0. The third-order valence-electron chi connectivity index (χ3n) is 2.22. The number of rotatable bonds is 6. The number of ether oxygens (including phenoxy) is 1. The van der Waals surface area contributed by atoms with E-state index in [0.717, 1.165) is 12.1 Å². The first-order chi connectivity index (χ1) is 8.06. The molecule has 1 rings (SSSR count). The highest BCUT2D eigenvalue weighted by Crippen LogP contribution is 2.18. The molecule has 1 aromatic carbocycles. The first kappa shape index (κ1) is 14.1. The Hall–Kier alpha value is -0.940. The summed E-state index contributed by atoms with van der Waals surface area (Å²) in [5.41, 5.74) is -0.0659. The van der Waals surface area contributed by atoms with E-state index in [1.807, 2.05) is 0 Å². The molecule has 0 aliphatic heterocycles. The maximum atomic E-state index is 13.4. The van der Waals surface area contributed by atoms with Crippen molar-refractivity contribution in [3.05, 3.63) is 35.4 Å². The van der Waals surface area contributed by atoms with Gasteiger partial charge in [-0.25, -0.2) is 8.78 Å². The Labute approximate surface area is 103 Å². The fourth-order valence-electron chi connectivity index (χ4n) is 1.29. The Morgan fingerprint density at radius 1 is 1.47 bits per heavy atom. The van der Waals surface area contributed by atoms with Crippen molar-refractivity contribution in [3.63, 3.8) is 0 Å². The fourth-order valence-corrected chi connectivity index (χ4v) is 2.19. The molecule has 17 heavy (non-hydrogen) atoms. The maximum Gasteiger partial charge on any atom is 0.178 e. The highest BCUT2D eigenvalue weighted by molar-refractivity contribution is 8.00. The smallest absolute Gasteiger partial charge is 0.178 e. The molecular weight excluding hydrogens is 246 g/mol. The quantitative estimate of drug-likeness (QED) is 0.581. The van der Waals surface area contributed by atoms with E-state index in [0.29, 0.717) is 12.4 Å². The van der Waals surface area contributed by atoms with Gasteiger partial charge in [-0.3, -0.25) is 4.79 Å². The van der Waals surface area contributed by atoms with Gasteiger partial charge in [-0.05, 0) is 19.1 Å². The van der Waals surface area contributed by atoms with E-state index in [-0.39, 0.29) is 16.6 Å². The van der Waals surface area contributed by atoms with E-state index in [4.69, 9.17) is 4.74 Å². The SMILES string of the molecule is COCCSC(C)C(=O)c1ccc(F)cc1F. The average molecular weight is 260 g/mol. The monoisotopic (exact) mass is 260 g/mol. The van der Waals surface area contributed by atoms with Crippen LogP contribution in [0.3, 0.4) is 0 Å². The topological polar surface area (TPSA) is 26.3 Å². The molecule has 0 saturated heterocycles. The Balaban J connectivity index is 2.68. The molecule has 0 fully saturated rings. The van der Waals surface area contributed by atoms with Crippen LogP contribution in [-0.4, -0.2) is 30.5 Å². The van der Waals surface area contributed by atoms with Gasteiger partial charge in [-0.2, -0.15) is 0 Å². The van der Waals surface area contributed by atoms with Gasteiger partial charge >= 0.3 is 0 Å². The molecule has 1 aromatic rings. The largest absolute Gasteiger partial charge is 0.384 e. The lowest BCUT2D eigenvalue weighted by molar-refractivity contribution is 0.0990. The van der Waals surface area contributed by atoms with Gasteiger partial charge in [0, 0.05) is 18.9 Å². The number of hydrogen-bond acceptors (Lipinski definition) is 3. The third-order valence-corrected chi connectivity index (χ3v) is 3.34. The predicted octanol–water partition coefficient (Wildman–Crippen LogP) is 2.92. The van der Waals surface area contributed by atoms with Gasteiger partial charge in [-0.1, -0.05) is 0 Å². The van der Waals surface area contributed by atoms with Crippen LogP contribution in [0.4, 0.5) is 8.78 Å². The molecule has 0 aliphatic carbocycles. The van der Waals surface area contributed by atoms with Crippen LogP contribution < -0.4 is 0 Å². The Kier molecular flexibility index (Phi) is 5.58. The molecule has 0 heterocycles. The summed E-state index contributed by atoms with van der Waals surface area (Å²) in [7, 11) is 1.58. The summed E-state index contributed by atoms with van der Waals surface area (Å²) in [6, 6.07) is 2.99. The van der Waals surface area contributed by atoms with Crippen molar-refractivity contribution in [1.29, 1.82) is 0 Å². The zero-order valence-corrected chi connectivity index (χ0v) is 10.5. The molecule has 2 nitrogen and oxygen atoms in total. The van der Waals surface area contributed by atoms with Gasteiger partial charge in [-0.15, -0.1) is 11.8 Å². The highest BCUT2D eigenvalue weighted by Gasteiger charge is 2.19. The molecule has 0 spiro atoms. The lowest BCUT2D eigenvalue weighted by Gasteiger charge is -2.10. The van der Waals surface area contributed by atoms with Gasteiger partial charge in [0.1, 0.15) is 11.6 Å².